The number of imidazole rings is 1. The van der Waals surface area contributed by atoms with E-state index in [2.05, 4.69) is 21.9 Å². The topological polar surface area (TPSA) is 49.9 Å². The molecule has 0 fully saturated rings. The van der Waals surface area contributed by atoms with Gasteiger partial charge in [-0.25, -0.2) is 4.98 Å². The Kier molecular flexibility index (Phi) is 17.5. The first-order valence-electron chi connectivity index (χ1n) is 13.9. The maximum atomic E-state index is 12.7. The van der Waals surface area contributed by atoms with Crippen LogP contribution in [0.15, 0.2) is 60.1 Å². The van der Waals surface area contributed by atoms with Crippen molar-refractivity contribution in [2.45, 2.75) is 81.5 Å². The van der Waals surface area contributed by atoms with Gasteiger partial charge in [0.1, 0.15) is 23.9 Å². The third-order valence-electron chi connectivity index (χ3n) is 5.10. The van der Waals surface area contributed by atoms with Crippen molar-refractivity contribution in [1.82, 2.24) is 9.97 Å². The van der Waals surface area contributed by atoms with E-state index in [4.69, 9.17) is 16.3 Å². The summed E-state index contributed by atoms with van der Waals surface area (Å²) in [5.74, 6) is 1.49. The van der Waals surface area contributed by atoms with Gasteiger partial charge in [-0.3, -0.25) is 0 Å². The largest absolute Gasteiger partial charge is 0.489 e. The molecular formula is C32H45ClF3N3O. The van der Waals surface area contributed by atoms with Crippen molar-refractivity contribution < 1.29 is 17.9 Å². The van der Waals surface area contributed by atoms with Crippen LogP contribution in [0.25, 0.3) is 11.8 Å². The highest BCUT2D eigenvalue weighted by Gasteiger charge is 2.29. The van der Waals surface area contributed by atoms with Crippen molar-refractivity contribution in [3.05, 3.63) is 88.5 Å². The minimum atomic E-state index is -4.35. The van der Waals surface area contributed by atoms with Gasteiger partial charge in [-0.15, -0.1) is 0 Å². The number of aryl methyl sites for hydroxylation is 1. The summed E-state index contributed by atoms with van der Waals surface area (Å²) in [4.78, 5) is 7.91. The van der Waals surface area contributed by atoms with Gasteiger partial charge in [0.05, 0.1) is 11.3 Å². The third kappa shape index (κ3) is 11.9. The van der Waals surface area contributed by atoms with Gasteiger partial charge in [0.15, 0.2) is 0 Å². The van der Waals surface area contributed by atoms with Crippen LogP contribution in [-0.2, 0) is 19.2 Å². The lowest BCUT2D eigenvalue weighted by Crippen LogP contribution is -2.05. The van der Waals surface area contributed by atoms with E-state index in [0.29, 0.717) is 27.9 Å². The number of alkyl halides is 3. The van der Waals surface area contributed by atoms with Crippen LogP contribution in [-0.4, -0.2) is 9.97 Å². The molecule has 8 heteroatoms. The average molecular weight is 580 g/mol. The summed E-state index contributed by atoms with van der Waals surface area (Å²) in [6, 6.07) is 12.2. The number of ether oxygens (including phenoxy) is 1. The van der Waals surface area contributed by atoms with Gasteiger partial charge in [0.2, 0.25) is 0 Å². The average Bonchev–Trinajstić information content (AvgIpc) is 3.38. The molecule has 0 saturated heterocycles. The van der Waals surface area contributed by atoms with E-state index in [1.54, 1.807) is 12.1 Å². The van der Waals surface area contributed by atoms with Crippen molar-refractivity contribution in [2.24, 2.45) is 5.92 Å². The van der Waals surface area contributed by atoms with E-state index in [-0.39, 0.29) is 12.5 Å². The minimum Gasteiger partial charge on any atom is -0.489 e. The highest BCUT2D eigenvalue weighted by atomic mass is 35.5. The highest BCUT2D eigenvalue weighted by Crippen LogP contribution is 2.29. The van der Waals surface area contributed by atoms with E-state index in [1.807, 2.05) is 80.5 Å². The van der Waals surface area contributed by atoms with E-state index >= 15 is 0 Å². The number of benzene rings is 2. The van der Waals surface area contributed by atoms with Gasteiger partial charge in [-0.05, 0) is 60.4 Å². The second kappa shape index (κ2) is 19.0. The van der Waals surface area contributed by atoms with Gasteiger partial charge in [-0.2, -0.15) is 13.2 Å². The van der Waals surface area contributed by atoms with Crippen LogP contribution in [0.5, 0.6) is 5.75 Å². The lowest BCUT2D eigenvalue weighted by molar-refractivity contribution is -0.137. The predicted octanol–water partition coefficient (Wildman–Crippen LogP) is 11.0. The molecule has 1 aromatic heterocycles. The van der Waals surface area contributed by atoms with Crippen LogP contribution in [0.1, 0.15) is 90.7 Å². The molecule has 3 aromatic rings. The number of allylic oxidation sites excluding steroid dienone is 1. The minimum absolute atomic E-state index is 0.167. The van der Waals surface area contributed by atoms with E-state index in [1.165, 1.54) is 12.1 Å². The van der Waals surface area contributed by atoms with Crippen molar-refractivity contribution >= 4 is 29.1 Å². The number of hydrogen-bond donors (Lipinski definition) is 2. The molecule has 0 atom stereocenters. The number of hydrogen-bond acceptors (Lipinski definition) is 3. The Morgan fingerprint density at radius 3 is 2.02 bits per heavy atom. The SMILES string of the molecule is C=C(Nc1ccc(OCc2ccc(C(F)(F)F)cc2)cc1)c1nc(/C=C(/Cl)C(C)C)[nH]c1CC.CC.CC.CC. The molecular weight excluding hydrogens is 535 g/mol. The standard InChI is InChI=1S/C26H27ClF3N3O.3C2H6/c1-5-23-25(33-24(32-23)14-22(27)16(2)3)17(4)31-20-10-12-21(13-11-20)34-15-18-6-8-19(9-7-18)26(28,29)30;3*1-2/h6-14,16,31H,4-5,15H2,1-3H3,(H,32,33);3*1-2H3/b22-14+;;;. The zero-order valence-corrected chi connectivity index (χ0v) is 26.0. The van der Waals surface area contributed by atoms with Crippen LogP contribution in [0.3, 0.4) is 0 Å². The fourth-order valence-corrected chi connectivity index (χ4v) is 3.23. The van der Waals surface area contributed by atoms with Crippen molar-refractivity contribution in [3.8, 4) is 5.75 Å². The summed E-state index contributed by atoms with van der Waals surface area (Å²) in [5, 5.41) is 3.97. The van der Waals surface area contributed by atoms with Crippen molar-refractivity contribution in [2.75, 3.05) is 5.32 Å². The zero-order valence-electron chi connectivity index (χ0n) is 25.3. The van der Waals surface area contributed by atoms with Gasteiger partial charge in [0, 0.05) is 16.4 Å². The Balaban J connectivity index is 0.00000237. The fourth-order valence-electron chi connectivity index (χ4n) is 3.13. The lowest BCUT2D eigenvalue weighted by atomic mass is 10.1. The first-order chi connectivity index (χ1) is 19.1. The van der Waals surface area contributed by atoms with E-state index < -0.39 is 11.7 Å². The summed E-state index contributed by atoms with van der Waals surface area (Å²) < 4.78 is 43.7. The lowest BCUT2D eigenvalue weighted by Gasteiger charge is -2.11. The second-order valence-electron chi connectivity index (χ2n) is 8.10. The fraction of sp³-hybridized carbons (Fsp3) is 0.406. The Morgan fingerprint density at radius 1 is 1.00 bits per heavy atom. The molecule has 0 spiro atoms. The monoisotopic (exact) mass is 579 g/mol. The summed E-state index contributed by atoms with van der Waals surface area (Å²) in [7, 11) is 0. The second-order valence-corrected chi connectivity index (χ2v) is 8.53. The molecule has 2 N–H and O–H groups in total. The maximum absolute atomic E-state index is 12.7. The van der Waals surface area contributed by atoms with Gasteiger partial charge >= 0.3 is 6.18 Å². The first-order valence-corrected chi connectivity index (χ1v) is 14.3. The number of nitrogens with one attached hydrogen (secondary N) is 2. The molecule has 0 bridgehead atoms. The number of anilines is 1. The molecule has 4 nitrogen and oxygen atoms in total. The van der Waals surface area contributed by atoms with Gasteiger partial charge in [-0.1, -0.05) is 92.6 Å². The number of nitrogens with zero attached hydrogens (tertiary/aromatic N) is 1. The van der Waals surface area contributed by atoms with Crippen LogP contribution in [0.2, 0.25) is 0 Å². The molecule has 2 aromatic carbocycles. The summed E-state index contributed by atoms with van der Waals surface area (Å²) >= 11 is 6.27. The molecule has 0 aliphatic rings. The number of halogens is 4. The normalized spacial score (nSPS) is 10.8. The summed E-state index contributed by atoms with van der Waals surface area (Å²) in [6.45, 7) is 22.3. The van der Waals surface area contributed by atoms with Crippen molar-refractivity contribution in [3.63, 3.8) is 0 Å². The molecule has 0 aliphatic carbocycles. The van der Waals surface area contributed by atoms with Crippen LogP contribution < -0.4 is 10.1 Å². The zero-order chi connectivity index (χ0) is 30.9. The summed E-state index contributed by atoms with van der Waals surface area (Å²) in [6.07, 6.45) is -1.77. The van der Waals surface area contributed by atoms with Crippen molar-refractivity contribution in [1.29, 1.82) is 0 Å². The molecule has 0 saturated carbocycles. The third-order valence-corrected chi connectivity index (χ3v) is 5.64. The molecule has 0 unspecified atom stereocenters. The number of rotatable bonds is 9. The van der Waals surface area contributed by atoms with Gasteiger partial charge in [0.25, 0.3) is 0 Å². The quantitative estimate of drug-likeness (QED) is 0.265. The Bertz CT molecular complexity index is 1150. The highest BCUT2D eigenvalue weighted by molar-refractivity contribution is 6.31. The molecule has 1 heterocycles. The first kappa shape index (κ1) is 36.8. The van der Waals surface area contributed by atoms with E-state index in [0.717, 1.165) is 35.6 Å². The van der Waals surface area contributed by atoms with Crippen LogP contribution >= 0.6 is 11.6 Å². The number of aromatic amines is 1. The Labute approximate surface area is 243 Å². The predicted molar refractivity (Wildman–Crippen MR) is 166 cm³/mol. The van der Waals surface area contributed by atoms with Crippen LogP contribution in [0.4, 0.5) is 18.9 Å². The maximum Gasteiger partial charge on any atom is 0.416 e. The van der Waals surface area contributed by atoms with Crippen LogP contribution in [0, 0.1) is 5.92 Å². The molecule has 40 heavy (non-hydrogen) atoms. The number of aromatic nitrogens is 2. The van der Waals surface area contributed by atoms with E-state index in [9.17, 15) is 13.2 Å². The molecule has 0 radical (unpaired) electrons. The molecule has 222 valence electrons. The molecule has 0 aliphatic heterocycles. The molecule has 3 rings (SSSR count). The smallest absolute Gasteiger partial charge is 0.416 e. The molecule has 0 amide bonds. The Morgan fingerprint density at radius 2 is 1.55 bits per heavy atom. The van der Waals surface area contributed by atoms with Gasteiger partial charge < -0.3 is 15.0 Å². The Hall–Kier alpha value is -3.19. The number of H-pyrrole nitrogens is 1. The summed E-state index contributed by atoms with van der Waals surface area (Å²) in [5.41, 5.74) is 3.11.